The number of rotatable bonds is 6. The van der Waals surface area contributed by atoms with Crippen LogP contribution in [0.5, 0.6) is 5.75 Å². The number of aromatic nitrogens is 3. The monoisotopic (exact) mass is 391 g/mol. The fourth-order valence-electron chi connectivity index (χ4n) is 3.12. The van der Waals surface area contributed by atoms with Crippen LogP contribution in [0, 0.1) is 0 Å². The molecule has 0 radical (unpaired) electrons. The number of hydrogen-bond donors (Lipinski definition) is 2. The van der Waals surface area contributed by atoms with E-state index in [2.05, 4.69) is 20.9 Å². The van der Waals surface area contributed by atoms with Gasteiger partial charge in [0.25, 0.3) is 5.91 Å². The van der Waals surface area contributed by atoms with Gasteiger partial charge in [0.2, 0.25) is 5.91 Å². The van der Waals surface area contributed by atoms with Crippen molar-refractivity contribution in [3.8, 4) is 11.4 Å². The van der Waals surface area contributed by atoms with Crippen LogP contribution in [0.4, 0.5) is 11.4 Å². The SMILES string of the molecule is COc1ccc(-n2nnc(C(=O)Nc3ccc(NC(C)=O)cc3)c2C2CC2)cc1. The van der Waals surface area contributed by atoms with Crippen LogP contribution >= 0.6 is 0 Å². The van der Waals surface area contributed by atoms with E-state index in [0.29, 0.717) is 17.1 Å². The van der Waals surface area contributed by atoms with Crippen LogP contribution in [0.1, 0.15) is 41.9 Å². The van der Waals surface area contributed by atoms with Gasteiger partial charge in [-0.2, -0.15) is 0 Å². The minimum atomic E-state index is -0.307. The fraction of sp³-hybridized carbons (Fsp3) is 0.238. The van der Waals surface area contributed by atoms with Crippen LogP contribution in [0.2, 0.25) is 0 Å². The predicted octanol–water partition coefficient (Wildman–Crippen LogP) is 3.36. The van der Waals surface area contributed by atoms with E-state index in [4.69, 9.17) is 4.74 Å². The Balaban J connectivity index is 1.57. The molecule has 1 fully saturated rings. The lowest BCUT2D eigenvalue weighted by molar-refractivity contribution is -0.114. The van der Waals surface area contributed by atoms with E-state index in [0.717, 1.165) is 30.0 Å². The minimum Gasteiger partial charge on any atom is -0.497 e. The molecule has 2 amide bonds. The average molecular weight is 391 g/mol. The van der Waals surface area contributed by atoms with E-state index < -0.39 is 0 Å². The van der Waals surface area contributed by atoms with Crippen molar-refractivity contribution in [3.05, 3.63) is 59.9 Å². The number of amides is 2. The number of nitrogens with zero attached hydrogens (tertiary/aromatic N) is 3. The van der Waals surface area contributed by atoms with Gasteiger partial charge in [-0.1, -0.05) is 5.21 Å². The van der Waals surface area contributed by atoms with Crippen molar-refractivity contribution in [1.82, 2.24) is 15.0 Å². The van der Waals surface area contributed by atoms with Gasteiger partial charge in [0.1, 0.15) is 5.75 Å². The normalized spacial score (nSPS) is 13.0. The fourth-order valence-corrected chi connectivity index (χ4v) is 3.12. The van der Waals surface area contributed by atoms with Crippen LogP contribution in [0.15, 0.2) is 48.5 Å². The number of carbonyl (C=O) groups is 2. The van der Waals surface area contributed by atoms with Crippen LogP contribution in [-0.2, 0) is 4.79 Å². The number of nitrogens with one attached hydrogen (secondary N) is 2. The highest BCUT2D eigenvalue weighted by Gasteiger charge is 2.34. The Morgan fingerprint density at radius 3 is 2.17 bits per heavy atom. The second-order valence-corrected chi connectivity index (χ2v) is 6.92. The minimum absolute atomic E-state index is 0.147. The molecule has 1 aromatic heterocycles. The first-order valence-corrected chi connectivity index (χ1v) is 9.34. The maximum Gasteiger partial charge on any atom is 0.278 e. The third kappa shape index (κ3) is 4.11. The number of benzene rings is 2. The molecule has 1 aliphatic carbocycles. The van der Waals surface area contributed by atoms with E-state index in [9.17, 15) is 9.59 Å². The van der Waals surface area contributed by atoms with Crippen molar-refractivity contribution in [3.63, 3.8) is 0 Å². The van der Waals surface area contributed by atoms with Gasteiger partial charge in [0.15, 0.2) is 5.69 Å². The van der Waals surface area contributed by atoms with Crippen molar-refractivity contribution in [1.29, 1.82) is 0 Å². The van der Waals surface area contributed by atoms with Crippen molar-refractivity contribution in [2.45, 2.75) is 25.7 Å². The van der Waals surface area contributed by atoms with Gasteiger partial charge in [-0.25, -0.2) is 4.68 Å². The second kappa shape index (κ2) is 7.75. The second-order valence-electron chi connectivity index (χ2n) is 6.92. The molecule has 4 rings (SSSR count). The molecule has 29 heavy (non-hydrogen) atoms. The molecule has 148 valence electrons. The zero-order valence-electron chi connectivity index (χ0n) is 16.2. The molecular formula is C21H21N5O3. The lowest BCUT2D eigenvalue weighted by atomic mass is 10.2. The Kier molecular flexibility index (Phi) is 4.99. The van der Waals surface area contributed by atoms with Crippen molar-refractivity contribution in [2.75, 3.05) is 17.7 Å². The highest BCUT2D eigenvalue weighted by molar-refractivity contribution is 6.04. The Hall–Kier alpha value is -3.68. The Morgan fingerprint density at radius 2 is 1.62 bits per heavy atom. The summed E-state index contributed by atoms with van der Waals surface area (Å²) >= 11 is 0. The molecule has 2 N–H and O–H groups in total. The molecule has 3 aromatic rings. The van der Waals surface area contributed by atoms with E-state index >= 15 is 0 Å². The number of anilines is 2. The summed E-state index contributed by atoms with van der Waals surface area (Å²) in [4.78, 5) is 24.0. The lowest BCUT2D eigenvalue weighted by Gasteiger charge is -2.09. The molecule has 2 aromatic carbocycles. The van der Waals surface area contributed by atoms with Crippen LogP contribution in [0.3, 0.4) is 0 Å². The molecule has 0 atom stereocenters. The Morgan fingerprint density at radius 1 is 1.00 bits per heavy atom. The summed E-state index contributed by atoms with van der Waals surface area (Å²) < 4.78 is 6.93. The van der Waals surface area contributed by atoms with Crippen LogP contribution in [-0.4, -0.2) is 33.9 Å². The summed E-state index contributed by atoms with van der Waals surface area (Å²) in [5.74, 6) is 0.572. The summed E-state index contributed by atoms with van der Waals surface area (Å²) in [6, 6.07) is 14.4. The number of carbonyl (C=O) groups excluding carboxylic acids is 2. The molecule has 0 unspecified atom stereocenters. The summed E-state index contributed by atoms with van der Waals surface area (Å²) in [6.45, 7) is 1.45. The van der Waals surface area contributed by atoms with Crippen molar-refractivity contribution >= 4 is 23.2 Å². The molecule has 8 heteroatoms. The molecule has 0 aliphatic heterocycles. The number of methoxy groups -OCH3 is 1. The zero-order valence-corrected chi connectivity index (χ0v) is 16.2. The molecule has 8 nitrogen and oxygen atoms in total. The quantitative estimate of drug-likeness (QED) is 0.671. The standard InChI is InChI=1S/C21H21N5O3/c1-13(27)22-15-5-7-16(8-6-15)23-21(28)19-20(14-3-4-14)26(25-24-19)17-9-11-18(29-2)12-10-17/h5-12,14H,3-4H2,1-2H3,(H,22,27)(H,23,28). The smallest absolute Gasteiger partial charge is 0.278 e. The first-order valence-electron chi connectivity index (χ1n) is 9.34. The number of hydrogen-bond acceptors (Lipinski definition) is 5. The summed E-state index contributed by atoms with van der Waals surface area (Å²) in [5.41, 5.74) is 3.26. The summed E-state index contributed by atoms with van der Waals surface area (Å²) in [5, 5.41) is 13.9. The first kappa shape index (κ1) is 18.7. The third-order valence-electron chi connectivity index (χ3n) is 4.66. The predicted molar refractivity (Wildman–Crippen MR) is 109 cm³/mol. The van der Waals surface area contributed by atoms with Gasteiger partial charge in [0, 0.05) is 24.2 Å². The topological polar surface area (TPSA) is 98.1 Å². The zero-order chi connectivity index (χ0) is 20.4. The highest BCUT2D eigenvalue weighted by atomic mass is 16.5. The van der Waals surface area contributed by atoms with Crippen molar-refractivity contribution in [2.24, 2.45) is 0 Å². The largest absolute Gasteiger partial charge is 0.497 e. The summed E-state index contributed by atoms with van der Waals surface area (Å²) in [6.07, 6.45) is 2.02. The van der Waals surface area contributed by atoms with Gasteiger partial charge < -0.3 is 15.4 Å². The molecule has 1 aliphatic rings. The van der Waals surface area contributed by atoms with Gasteiger partial charge >= 0.3 is 0 Å². The van der Waals surface area contributed by atoms with Gasteiger partial charge in [-0.15, -0.1) is 5.10 Å². The average Bonchev–Trinajstić information content (AvgIpc) is 3.47. The van der Waals surface area contributed by atoms with E-state index in [-0.39, 0.29) is 17.7 Å². The molecule has 0 bridgehead atoms. The Bertz CT molecular complexity index is 1040. The van der Waals surface area contributed by atoms with Gasteiger partial charge in [0.05, 0.1) is 18.5 Å². The molecule has 0 spiro atoms. The summed E-state index contributed by atoms with van der Waals surface area (Å²) in [7, 11) is 1.62. The molecule has 0 saturated heterocycles. The Labute approximate surface area is 167 Å². The molecule has 1 heterocycles. The van der Waals surface area contributed by atoms with Gasteiger partial charge in [-0.05, 0) is 61.4 Å². The van der Waals surface area contributed by atoms with E-state index in [1.807, 2.05) is 24.3 Å². The highest BCUT2D eigenvalue weighted by Crippen LogP contribution is 2.42. The van der Waals surface area contributed by atoms with E-state index in [1.54, 1.807) is 36.1 Å². The third-order valence-corrected chi connectivity index (χ3v) is 4.66. The van der Waals surface area contributed by atoms with E-state index in [1.165, 1.54) is 6.92 Å². The van der Waals surface area contributed by atoms with Crippen LogP contribution in [0.25, 0.3) is 5.69 Å². The van der Waals surface area contributed by atoms with Gasteiger partial charge in [-0.3, -0.25) is 9.59 Å². The van der Waals surface area contributed by atoms with Crippen LogP contribution < -0.4 is 15.4 Å². The molecular weight excluding hydrogens is 370 g/mol. The molecule has 1 saturated carbocycles. The first-order chi connectivity index (χ1) is 14.0. The number of ether oxygens (including phenoxy) is 1. The maximum absolute atomic E-state index is 12.9. The lowest BCUT2D eigenvalue weighted by Crippen LogP contribution is -2.15. The van der Waals surface area contributed by atoms with Crippen molar-refractivity contribution < 1.29 is 14.3 Å². The maximum atomic E-state index is 12.9.